The van der Waals surface area contributed by atoms with Gasteiger partial charge in [-0.3, -0.25) is 0 Å². The average Bonchev–Trinajstić information content (AvgIpc) is 2.39. The van der Waals surface area contributed by atoms with Crippen molar-refractivity contribution < 1.29 is 0 Å². The number of piperidine rings is 1. The zero-order chi connectivity index (χ0) is 11.4. The topological polar surface area (TPSA) is 81.1 Å². The minimum atomic E-state index is 0.138. The highest BCUT2D eigenvalue weighted by molar-refractivity contribution is 5.28. The zero-order valence-corrected chi connectivity index (χ0v) is 9.42. The zero-order valence-electron chi connectivity index (χ0n) is 9.42. The summed E-state index contributed by atoms with van der Waals surface area (Å²) in [5, 5.41) is 0. The molecule has 5 nitrogen and oxygen atoms in total. The third-order valence-electron chi connectivity index (χ3n) is 3.25. The van der Waals surface area contributed by atoms with Gasteiger partial charge in [0.15, 0.2) is 0 Å². The molecule has 0 bridgehead atoms. The Balaban J connectivity index is 1.91. The van der Waals surface area contributed by atoms with E-state index in [-0.39, 0.29) is 6.04 Å². The first kappa shape index (κ1) is 11.3. The molecule has 1 aliphatic rings. The standard InChI is InChI=1S/C11H19N5/c12-8-10(13)9-2-6-16(7-3-9)11-14-4-1-5-15-11/h1,4-5,9-10H,2-3,6-8,12-13H2. The molecule has 0 saturated carbocycles. The van der Waals surface area contributed by atoms with Crippen molar-refractivity contribution in [3.8, 4) is 0 Å². The van der Waals surface area contributed by atoms with Gasteiger partial charge in [0.1, 0.15) is 0 Å². The molecule has 16 heavy (non-hydrogen) atoms. The van der Waals surface area contributed by atoms with E-state index in [0.717, 1.165) is 31.9 Å². The minimum Gasteiger partial charge on any atom is -0.341 e. The number of nitrogens with zero attached hydrogens (tertiary/aromatic N) is 3. The van der Waals surface area contributed by atoms with Crippen LogP contribution in [-0.2, 0) is 0 Å². The van der Waals surface area contributed by atoms with Crippen molar-refractivity contribution in [1.82, 2.24) is 9.97 Å². The molecule has 1 aliphatic heterocycles. The van der Waals surface area contributed by atoms with Crippen LogP contribution in [-0.4, -0.2) is 35.6 Å². The predicted octanol–water partition coefficient (Wildman–Crippen LogP) is -0.0210. The first-order chi connectivity index (χ1) is 7.81. The Kier molecular flexibility index (Phi) is 3.69. The van der Waals surface area contributed by atoms with Crippen LogP contribution < -0.4 is 16.4 Å². The van der Waals surface area contributed by atoms with Gasteiger partial charge in [0, 0.05) is 38.1 Å². The first-order valence-electron chi connectivity index (χ1n) is 5.79. The summed E-state index contributed by atoms with van der Waals surface area (Å²) in [6.07, 6.45) is 5.72. The highest BCUT2D eigenvalue weighted by atomic mass is 15.2. The fourth-order valence-corrected chi connectivity index (χ4v) is 2.17. The molecule has 1 aromatic rings. The van der Waals surface area contributed by atoms with Crippen LogP contribution in [0, 0.1) is 5.92 Å². The molecule has 0 aromatic carbocycles. The van der Waals surface area contributed by atoms with Crippen LogP contribution in [0.25, 0.3) is 0 Å². The summed E-state index contributed by atoms with van der Waals surface area (Å²) in [6.45, 7) is 2.53. The van der Waals surface area contributed by atoms with E-state index in [1.54, 1.807) is 12.4 Å². The number of anilines is 1. The quantitative estimate of drug-likeness (QED) is 0.749. The van der Waals surface area contributed by atoms with Crippen LogP contribution in [0.2, 0.25) is 0 Å². The van der Waals surface area contributed by atoms with Crippen LogP contribution in [0.15, 0.2) is 18.5 Å². The Hall–Kier alpha value is -1.20. The first-order valence-corrected chi connectivity index (χ1v) is 5.79. The molecule has 1 atom stereocenters. The van der Waals surface area contributed by atoms with Crippen molar-refractivity contribution in [2.24, 2.45) is 17.4 Å². The van der Waals surface area contributed by atoms with Gasteiger partial charge in [-0.05, 0) is 24.8 Å². The van der Waals surface area contributed by atoms with E-state index < -0.39 is 0 Å². The largest absolute Gasteiger partial charge is 0.341 e. The Labute approximate surface area is 95.9 Å². The molecule has 1 unspecified atom stereocenters. The number of rotatable bonds is 3. The van der Waals surface area contributed by atoms with Gasteiger partial charge >= 0.3 is 0 Å². The summed E-state index contributed by atoms with van der Waals surface area (Å²) in [5.74, 6) is 1.37. The Bertz CT molecular complexity index is 307. The molecule has 1 fully saturated rings. The summed E-state index contributed by atoms with van der Waals surface area (Å²) in [4.78, 5) is 10.7. The summed E-state index contributed by atoms with van der Waals surface area (Å²) in [6, 6.07) is 1.97. The van der Waals surface area contributed by atoms with E-state index in [9.17, 15) is 0 Å². The summed E-state index contributed by atoms with van der Waals surface area (Å²) in [5.41, 5.74) is 11.5. The lowest BCUT2D eigenvalue weighted by molar-refractivity contribution is 0.342. The monoisotopic (exact) mass is 221 g/mol. The maximum Gasteiger partial charge on any atom is 0.225 e. The smallest absolute Gasteiger partial charge is 0.225 e. The minimum absolute atomic E-state index is 0.138. The molecule has 0 aliphatic carbocycles. The number of aromatic nitrogens is 2. The second-order valence-electron chi connectivity index (χ2n) is 4.27. The highest BCUT2D eigenvalue weighted by Gasteiger charge is 2.24. The molecule has 4 N–H and O–H groups in total. The maximum atomic E-state index is 5.96. The van der Waals surface area contributed by atoms with Crippen molar-refractivity contribution >= 4 is 5.95 Å². The summed E-state index contributed by atoms with van der Waals surface area (Å²) in [7, 11) is 0. The van der Waals surface area contributed by atoms with Gasteiger partial charge in [0.2, 0.25) is 5.95 Å². The van der Waals surface area contributed by atoms with E-state index >= 15 is 0 Å². The van der Waals surface area contributed by atoms with Crippen molar-refractivity contribution in [3.05, 3.63) is 18.5 Å². The molecular formula is C11H19N5. The van der Waals surface area contributed by atoms with E-state index in [1.165, 1.54) is 0 Å². The molecule has 2 rings (SSSR count). The lowest BCUT2D eigenvalue weighted by Gasteiger charge is -2.34. The van der Waals surface area contributed by atoms with E-state index in [2.05, 4.69) is 14.9 Å². The lowest BCUT2D eigenvalue weighted by Crippen LogP contribution is -2.44. The van der Waals surface area contributed by atoms with Crippen LogP contribution in [0.5, 0.6) is 0 Å². The van der Waals surface area contributed by atoms with Crippen molar-refractivity contribution in [2.75, 3.05) is 24.5 Å². The van der Waals surface area contributed by atoms with Gasteiger partial charge in [-0.2, -0.15) is 0 Å². The van der Waals surface area contributed by atoms with Gasteiger partial charge in [-0.1, -0.05) is 0 Å². The normalized spacial score (nSPS) is 19.8. The number of hydrogen-bond acceptors (Lipinski definition) is 5. The maximum absolute atomic E-state index is 5.96. The molecule has 0 spiro atoms. The van der Waals surface area contributed by atoms with Crippen LogP contribution in [0.4, 0.5) is 5.95 Å². The SMILES string of the molecule is NCC(N)C1CCN(c2ncccn2)CC1. The predicted molar refractivity (Wildman–Crippen MR) is 64.0 cm³/mol. The fraction of sp³-hybridized carbons (Fsp3) is 0.636. The third-order valence-corrected chi connectivity index (χ3v) is 3.25. The summed E-state index contributed by atoms with van der Waals surface area (Å²) < 4.78 is 0. The molecule has 0 amide bonds. The van der Waals surface area contributed by atoms with Gasteiger partial charge in [0.25, 0.3) is 0 Å². The molecule has 2 heterocycles. The molecular weight excluding hydrogens is 202 g/mol. The molecule has 1 saturated heterocycles. The van der Waals surface area contributed by atoms with Gasteiger partial charge in [-0.15, -0.1) is 0 Å². The van der Waals surface area contributed by atoms with Crippen molar-refractivity contribution in [3.63, 3.8) is 0 Å². The van der Waals surface area contributed by atoms with Gasteiger partial charge < -0.3 is 16.4 Å². The number of nitrogens with two attached hydrogens (primary N) is 2. The average molecular weight is 221 g/mol. The molecule has 5 heteroatoms. The molecule has 88 valence electrons. The second kappa shape index (κ2) is 5.23. The Morgan fingerprint density at radius 3 is 2.50 bits per heavy atom. The van der Waals surface area contributed by atoms with Gasteiger partial charge in [-0.25, -0.2) is 9.97 Å². The Morgan fingerprint density at radius 1 is 1.31 bits per heavy atom. The third kappa shape index (κ3) is 2.48. The summed E-state index contributed by atoms with van der Waals surface area (Å²) >= 11 is 0. The van der Waals surface area contributed by atoms with Gasteiger partial charge in [0.05, 0.1) is 0 Å². The van der Waals surface area contributed by atoms with Crippen LogP contribution in [0.3, 0.4) is 0 Å². The van der Waals surface area contributed by atoms with Crippen LogP contribution >= 0.6 is 0 Å². The molecule has 0 radical (unpaired) electrons. The fourth-order valence-electron chi connectivity index (χ4n) is 2.17. The van der Waals surface area contributed by atoms with Crippen LogP contribution in [0.1, 0.15) is 12.8 Å². The number of hydrogen-bond donors (Lipinski definition) is 2. The van der Waals surface area contributed by atoms with E-state index in [4.69, 9.17) is 11.5 Å². The molecule has 1 aromatic heterocycles. The van der Waals surface area contributed by atoms with Crippen molar-refractivity contribution in [2.45, 2.75) is 18.9 Å². The van der Waals surface area contributed by atoms with E-state index in [0.29, 0.717) is 12.5 Å². The van der Waals surface area contributed by atoms with E-state index in [1.807, 2.05) is 6.07 Å². The van der Waals surface area contributed by atoms with Crippen molar-refractivity contribution in [1.29, 1.82) is 0 Å². The second-order valence-corrected chi connectivity index (χ2v) is 4.27. The highest BCUT2D eigenvalue weighted by Crippen LogP contribution is 2.21. The lowest BCUT2D eigenvalue weighted by atomic mass is 9.90. The Morgan fingerprint density at radius 2 is 1.94 bits per heavy atom.